The molecule has 0 aliphatic heterocycles. The fraction of sp³-hybridized carbons (Fsp3) is 1.00. The van der Waals surface area contributed by atoms with E-state index < -0.39 is 5.60 Å². The number of hydrogen-bond acceptors (Lipinski definition) is 3. The van der Waals surface area contributed by atoms with Crippen LogP contribution in [0.5, 0.6) is 0 Å². The summed E-state index contributed by atoms with van der Waals surface area (Å²) in [4.78, 5) is 0. The van der Waals surface area contributed by atoms with Gasteiger partial charge in [0.05, 0.1) is 17.8 Å². The highest BCUT2D eigenvalue weighted by Gasteiger charge is 2.68. The van der Waals surface area contributed by atoms with Crippen LogP contribution in [0.25, 0.3) is 0 Å². The van der Waals surface area contributed by atoms with Crippen LogP contribution in [0, 0.1) is 34.5 Å². The summed E-state index contributed by atoms with van der Waals surface area (Å²) in [7, 11) is 0. The zero-order valence-corrected chi connectivity index (χ0v) is 15.0. The highest BCUT2D eigenvalue weighted by molar-refractivity contribution is 5.18. The Labute approximate surface area is 140 Å². The first-order valence-corrected chi connectivity index (χ1v) is 9.81. The van der Waals surface area contributed by atoms with Crippen molar-refractivity contribution < 1.29 is 15.3 Å². The van der Waals surface area contributed by atoms with Gasteiger partial charge in [-0.2, -0.15) is 0 Å². The van der Waals surface area contributed by atoms with Gasteiger partial charge in [-0.25, -0.2) is 0 Å². The number of aliphatic hydroxyl groups excluding tert-OH is 2. The molecule has 0 saturated heterocycles. The molecule has 4 fully saturated rings. The highest BCUT2D eigenvalue weighted by Crippen LogP contribution is 2.68. The number of hydrogen-bond donors (Lipinski definition) is 3. The van der Waals surface area contributed by atoms with Crippen molar-refractivity contribution in [2.75, 3.05) is 0 Å². The first-order chi connectivity index (χ1) is 10.7. The number of fused-ring (bicyclic) bond motifs is 5. The van der Waals surface area contributed by atoms with Gasteiger partial charge in [-0.1, -0.05) is 20.8 Å². The van der Waals surface area contributed by atoms with Crippen LogP contribution in [0.15, 0.2) is 0 Å². The van der Waals surface area contributed by atoms with Gasteiger partial charge in [-0.05, 0) is 74.0 Å². The van der Waals surface area contributed by atoms with Crippen molar-refractivity contribution in [3.8, 4) is 0 Å². The van der Waals surface area contributed by atoms with Gasteiger partial charge in [-0.15, -0.1) is 0 Å². The molecule has 0 aromatic heterocycles. The van der Waals surface area contributed by atoms with E-state index in [1.165, 1.54) is 6.42 Å². The molecule has 0 bridgehead atoms. The van der Waals surface area contributed by atoms with E-state index in [2.05, 4.69) is 20.8 Å². The molecule has 4 rings (SSSR count). The van der Waals surface area contributed by atoms with Crippen LogP contribution >= 0.6 is 0 Å². The molecular formula is C20H34O3. The molecule has 132 valence electrons. The van der Waals surface area contributed by atoms with Crippen molar-refractivity contribution in [2.24, 2.45) is 34.5 Å². The average Bonchev–Trinajstić information content (AvgIpc) is 2.68. The average molecular weight is 322 g/mol. The van der Waals surface area contributed by atoms with Crippen molar-refractivity contribution in [1.29, 1.82) is 0 Å². The second kappa shape index (κ2) is 4.95. The van der Waals surface area contributed by atoms with Crippen molar-refractivity contribution in [3.05, 3.63) is 0 Å². The molecule has 0 amide bonds. The van der Waals surface area contributed by atoms with Gasteiger partial charge in [0, 0.05) is 11.8 Å². The molecule has 0 spiro atoms. The van der Waals surface area contributed by atoms with E-state index in [-0.39, 0.29) is 29.0 Å². The molecule has 3 nitrogen and oxygen atoms in total. The minimum absolute atomic E-state index is 0.116. The Morgan fingerprint density at radius 3 is 2.39 bits per heavy atom. The molecule has 0 radical (unpaired) electrons. The van der Waals surface area contributed by atoms with Crippen LogP contribution in [0.3, 0.4) is 0 Å². The minimum Gasteiger partial charge on any atom is -0.393 e. The molecule has 4 aliphatic carbocycles. The van der Waals surface area contributed by atoms with E-state index in [1.54, 1.807) is 0 Å². The molecule has 0 heterocycles. The van der Waals surface area contributed by atoms with Crippen LogP contribution < -0.4 is 0 Å². The van der Waals surface area contributed by atoms with Crippen LogP contribution in [0.2, 0.25) is 0 Å². The zero-order chi connectivity index (χ0) is 16.6. The van der Waals surface area contributed by atoms with E-state index in [0.29, 0.717) is 24.2 Å². The lowest BCUT2D eigenvalue weighted by Crippen LogP contribution is -2.62. The fourth-order valence-electron chi connectivity index (χ4n) is 7.50. The molecule has 9 atom stereocenters. The predicted octanol–water partition coefficient (Wildman–Crippen LogP) is 3.11. The van der Waals surface area contributed by atoms with Crippen LogP contribution in [-0.4, -0.2) is 33.1 Å². The third-order valence-corrected chi connectivity index (χ3v) is 9.34. The van der Waals surface area contributed by atoms with Crippen LogP contribution in [-0.2, 0) is 0 Å². The largest absolute Gasteiger partial charge is 0.393 e. The lowest BCUT2D eigenvalue weighted by Gasteiger charge is -2.63. The van der Waals surface area contributed by atoms with E-state index in [1.807, 2.05) is 0 Å². The Morgan fingerprint density at radius 1 is 0.913 bits per heavy atom. The third-order valence-electron chi connectivity index (χ3n) is 9.34. The Kier molecular flexibility index (Phi) is 3.52. The molecule has 4 saturated carbocycles. The molecule has 4 aliphatic rings. The van der Waals surface area contributed by atoms with E-state index in [9.17, 15) is 15.3 Å². The Hall–Kier alpha value is -0.120. The second-order valence-corrected chi connectivity index (χ2v) is 9.86. The molecule has 3 N–H and O–H groups in total. The highest BCUT2D eigenvalue weighted by atomic mass is 16.3. The van der Waals surface area contributed by atoms with Crippen molar-refractivity contribution in [1.82, 2.24) is 0 Å². The topological polar surface area (TPSA) is 60.7 Å². The lowest BCUT2D eigenvalue weighted by molar-refractivity contribution is -0.209. The summed E-state index contributed by atoms with van der Waals surface area (Å²) in [5.41, 5.74) is -0.556. The Bertz CT molecular complexity index is 493. The van der Waals surface area contributed by atoms with Crippen molar-refractivity contribution >= 4 is 0 Å². The van der Waals surface area contributed by atoms with Crippen LogP contribution in [0.4, 0.5) is 0 Å². The molecule has 23 heavy (non-hydrogen) atoms. The summed E-state index contributed by atoms with van der Waals surface area (Å²) >= 11 is 0. The quantitative estimate of drug-likeness (QED) is 0.642. The number of rotatable bonds is 0. The van der Waals surface area contributed by atoms with E-state index >= 15 is 0 Å². The molecule has 0 aromatic rings. The van der Waals surface area contributed by atoms with Crippen LogP contribution in [0.1, 0.15) is 72.1 Å². The third kappa shape index (κ3) is 1.93. The summed E-state index contributed by atoms with van der Waals surface area (Å²) in [6.45, 7) is 6.79. The number of aliphatic hydroxyl groups is 3. The van der Waals surface area contributed by atoms with Crippen molar-refractivity contribution in [2.45, 2.75) is 89.9 Å². The monoisotopic (exact) mass is 322 g/mol. The lowest BCUT2D eigenvalue weighted by atomic mass is 9.43. The maximum absolute atomic E-state index is 11.8. The predicted molar refractivity (Wildman–Crippen MR) is 89.7 cm³/mol. The molecule has 3 heteroatoms. The summed E-state index contributed by atoms with van der Waals surface area (Å²) in [6, 6.07) is 0. The van der Waals surface area contributed by atoms with E-state index in [4.69, 9.17) is 0 Å². The van der Waals surface area contributed by atoms with Gasteiger partial charge in [0.1, 0.15) is 0 Å². The normalized spacial score (nSPS) is 62.3. The Morgan fingerprint density at radius 2 is 1.65 bits per heavy atom. The molecule has 0 aromatic carbocycles. The first-order valence-electron chi connectivity index (χ1n) is 9.81. The van der Waals surface area contributed by atoms with Gasteiger partial charge in [0.2, 0.25) is 0 Å². The van der Waals surface area contributed by atoms with Crippen molar-refractivity contribution in [3.63, 3.8) is 0 Å². The Balaban J connectivity index is 1.69. The van der Waals surface area contributed by atoms with Gasteiger partial charge >= 0.3 is 0 Å². The summed E-state index contributed by atoms with van der Waals surface area (Å²) in [5, 5.41) is 32.3. The summed E-state index contributed by atoms with van der Waals surface area (Å²) < 4.78 is 0. The maximum Gasteiger partial charge on any atom is 0.0760 e. The second-order valence-electron chi connectivity index (χ2n) is 9.86. The van der Waals surface area contributed by atoms with Gasteiger partial charge in [0.15, 0.2) is 0 Å². The summed E-state index contributed by atoms with van der Waals surface area (Å²) in [6.07, 6.45) is 7.50. The van der Waals surface area contributed by atoms with Gasteiger partial charge in [-0.3, -0.25) is 0 Å². The summed E-state index contributed by atoms with van der Waals surface area (Å²) in [5.74, 6) is 1.69. The zero-order valence-electron chi connectivity index (χ0n) is 15.0. The smallest absolute Gasteiger partial charge is 0.0760 e. The van der Waals surface area contributed by atoms with Gasteiger partial charge < -0.3 is 15.3 Å². The first kappa shape index (κ1) is 16.4. The molecule has 6 unspecified atom stereocenters. The van der Waals surface area contributed by atoms with E-state index in [0.717, 1.165) is 38.5 Å². The standard InChI is InChI=1S/C20H34O3/c1-12-17(22)11-20(23)16-5-4-13-10-14(21)6-8-18(13,2)15(16)7-9-19(12,20)3/h12-17,21-23H,4-11H2,1-3H3/t12?,13?,14-,15?,16?,17-,18?,19?,20-/m0/s1. The SMILES string of the molecule is CC1[C@@H](O)C[C@]2(O)C3CCC4C[C@@H](O)CCC4(C)C3CCC12C. The fourth-order valence-corrected chi connectivity index (χ4v) is 7.50. The molecular weight excluding hydrogens is 288 g/mol. The minimum atomic E-state index is -0.696. The maximum atomic E-state index is 11.8. The van der Waals surface area contributed by atoms with Gasteiger partial charge in [0.25, 0.3) is 0 Å².